The first-order valence-electron chi connectivity index (χ1n) is 14.6. The third-order valence-electron chi connectivity index (χ3n) is 9.12. The van der Waals surface area contributed by atoms with Crippen LogP contribution in [-0.2, 0) is 15.8 Å². The topological polar surface area (TPSA) is 99.2 Å². The van der Waals surface area contributed by atoms with Crippen LogP contribution in [-0.4, -0.2) is 64.6 Å². The molecule has 1 aliphatic carbocycles. The van der Waals surface area contributed by atoms with E-state index in [0.29, 0.717) is 30.4 Å². The number of likely N-dealkylation sites (tertiary alicyclic amines) is 1. The zero-order valence-electron chi connectivity index (χ0n) is 24.1. The zero-order chi connectivity index (χ0) is 28.8. The molecule has 0 spiro atoms. The minimum absolute atomic E-state index is 0.0256. The van der Waals surface area contributed by atoms with Gasteiger partial charge in [0.05, 0.1) is 23.8 Å². The summed E-state index contributed by atoms with van der Waals surface area (Å²) in [7, 11) is 0.329. The molecule has 40 heavy (non-hydrogen) atoms. The summed E-state index contributed by atoms with van der Waals surface area (Å²) in [6, 6.07) is 5.44. The van der Waals surface area contributed by atoms with Crippen LogP contribution in [0.4, 0.5) is 5.69 Å². The molecule has 2 fully saturated rings. The minimum atomic E-state index is -1.57. The van der Waals surface area contributed by atoms with Crippen LogP contribution in [0.3, 0.4) is 0 Å². The van der Waals surface area contributed by atoms with E-state index >= 15 is 0 Å². The monoisotopic (exact) mass is 571 g/mol. The highest BCUT2D eigenvalue weighted by atomic mass is 32.2. The lowest BCUT2D eigenvalue weighted by molar-refractivity contribution is -0.130. The van der Waals surface area contributed by atoms with Crippen molar-refractivity contribution in [3.63, 3.8) is 0 Å². The summed E-state index contributed by atoms with van der Waals surface area (Å²) in [5.74, 6) is 2.14. The molecule has 220 valence electrons. The number of nitrogens with zero attached hydrogens (tertiary/aromatic N) is 2. The number of benzene rings is 1. The first-order chi connectivity index (χ1) is 19.2. The van der Waals surface area contributed by atoms with Gasteiger partial charge in [-0.1, -0.05) is 13.0 Å². The summed E-state index contributed by atoms with van der Waals surface area (Å²) < 4.78 is 21.8. The van der Waals surface area contributed by atoms with Crippen LogP contribution in [0.1, 0.15) is 62.7 Å². The fraction of sp³-hybridized carbons (Fsp3) is 0.613. The van der Waals surface area contributed by atoms with Crippen LogP contribution in [0, 0.1) is 29.6 Å². The maximum Gasteiger partial charge on any atom is 0.263 e. The van der Waals surface area contributed by atoms with Crippen LogP contribution in [0.2, 0.25) is 0 Å². The fourth-order valence-electron chi connectivity index (χ4n) is 6.12. The van der Waals surface area contributed by atoms with Crippen molar-refractivity contribution < 1.29 is 23.6 Å². The lowest BCUT2D eigenvalue weighted by Gasteiger charge is -2.42. The zero-order valence-corrected chi connectivity index (χ0v) is 24.9. The van der Waals surface area contributed by atoms with Crippen molar-refractivity contribution in [2.45, 2.75) is 57.6 Å². The Bertz CT molecular complexity index is 1120. The molecule has 1 saturated carbocycles. The molecule has 2 heterocycles. The molecular weight excluding hydrogens is 526 g/mol. The predicted molar refractivity (Wildman–Crippen MR) is 160 cm³/mol. The molecule has 9 heteroatoms. The number of aliphatic hydroxyl groups is 1. The molecule has 7 atom stereocenters. The number of hydrogen-bond donors (Lipinski definition) is 2. The number of nitrogens with one attached hydrogen (secondary N) is 1. The number of fused-ring (bicyclic) bond motifs is 1. The Hall–Kier alpha value is -2.81. The number of allylic oxidation sites excluding steroid dienone is 2. The van der Waals surface area contributed by atoms with Crippen molar-refractivity contribution in [3.05, 3.63) is 48.8 Å². The van der Waals surface area contributed by atoms with E-state index in [1.165, 1.54) is 0 Å². The summed E-state index contributed by atoms with van der Waals surface area (Å²) >= 11 is 0. The molecule has 4 rings (SSSR count). The number of ether oxygens (including phenoxy) is 1. The van der Waals surface area contributed by atoms with Gasteiger partial charge in [0.15, 0.2) is 0 Å². The highest BCUT2D eigenvalue weighted by Gasteiger charge is 2.39. The van der Waals surface area contributed by atoms with Gasteiger partial charge in [0.2, 0.25) is 5.91 Å². The Balaban J connectivity index is 1.48. The van der Waals surface area contributed by atoms with E-state index in [2.05, 4.69) is 16.2 Å². The summed E-state index contributed by atoms with van der Waals surface area (Å²) in [4.78, 5) is 29.9. The maximum absolute atomic E-state index is 13.2. The first-order valence-corrected chi connectivity index (χ1v) is 15.8. The molecule has 3 aliphatic rings. The van der Waals surface area contributed by atoms with Gasteiger partial charge in [-0.05, 0) is 87.5 Å². The average Bonchev–Trinajstić information content (AvgIpc) is 3.15. The predicted octanol–water partition coefficient (Wildman–Crippen LogP) is 4.85. The number of rotatable bonds is 12. The lowest BCUT2D eigenvalue weighted by Crippen LogP contribution is -2.41. The summed E-state index contributed by atoms with van der Waals surface area (Å²) in [6.45, 7) is 10.8. The van der Waals surface area contributed by atoms with Gasteiger partial charge >= 0.3 is 0 Å². The van der Waals surface area contributed by atoms with Crippen LogP contribution >= 0.6 is 0 Å². The van der Waals surface area contributed by atoms with Crippen LogP contribution in [0.15, 0.2) is 43.2 Å². The maximum atomic E-state index is 13.2. The highest BCUT2D eigenvalue weighted by molar-refractivity contribution is 7.84. The number of amides is 2. The number of aliphatic hydroxyl groups excluding tert-OH is 1. The highest BCUT2D eigenvalue weighted by Crippen LogP contribution is 2.43. The number of anilines is 1. The quantitative estimate of drug-likeness (QED) is 0.275. The summed E-state index contributed by atoms with van der Waals surface area (Å²) in [5.41, 5.74) is 1.34. The van der Waals surface area contributed by atoms with Gasteiger partial charge in [-0.25, -0.2) is 4.21 Å². The van der Waals surface area contributed by atoms with E-state index in [9.17, 15) is 13.8 Å². The Morgan fingerprint density at radius 2 is 2.05 bits per heavy atom. The van der Waals surface area contributed by atoms with E-state index < -0.39 is 11.0 Å². The molecular formula is C31H45N3O5S. The largest absolute Gasteiger partial charge is 0.516 e. The van der Waals surface area contributed by atoms with Crippen LogP contribution < -0.4 is 14.4 Å². The van der Waals surface area contributed by atoms with Crippen molar-refractivity contribution in [2.24, 2.45) is 29.6 Å². The van der Waals surface area contributed by atoms with Gasteiger partial charge in [-0.3, -0.25) is 14.3 Å². The summed E-state index contributed by atoms with van der Waals surface area (Å²) in [5, 5.41) is 8.65. The molecule has 1 aromatic carbocycles. The fourth-order valence-corrected chi connectivity index (χ4v) is 7.14. The van der Waals surface area contributed by atoms with Gasteiger partial charge in [0.1, 0.15) is 16.7 Å². The van der Waals surface area contributed by atoms with E-state index in [0.717, 1.165) is 69.4 Å². The Morgan fingerprint density at radius 1 is 1.27 bits per heavy atom. The number of carbonyl (C=O) groups excluding carboxylic acids is 2. The van der Waals surface area contributed by atoms with Crippen molar-refractivity contribution in [2.75, 3.05) is 38.2 Å². The molecule has 2 amide bonds. The van der Waals surface area contributed by atoms with Gasteiger partial charge in [0, 0.05) is 44.1 Å². The third-order valence-corrected chi connectivity index (χ3v) is 10.6. The first kappa shape index (κ1) is 30.2. The Labute approximate surface area is 241 Å². The molecule has 2 aliphatic heterocycles. The average molecular weight is 572 g/mol. The second kappa shape index (κ2) is 13.7. The molecule has 0 radical (unpaired) electrons. The molecule has 2 N–H and O–H groups in total. The smallest absolute Gasteiger partial charge is 0.263 e. The molecule has 8 nitrogen and oxygen atoms in total. The van der Waals surface area contributed by atoms with Gasteiger partial charge < -0.3 is 19.6 Å². The molecule has 1 saturated heterocycles. The van der Waals surface area contributed by atoms with E-state index in [4.69, 9.17) is 9.84 Å². The van der Waals surface area contributed by atoms with E-state index in [1.807, 2.05) is 44.0 Å². The van der Waals surface area contributed by atoms with Crippen LogP contribution in [0.25, 0.3) is 0 Å². The molecule has 0 aromatic heterocycles. The molecule has 7 unspecified atom stereocenters. The van der Waals surface area contributed by atoms with Crippen molar-refractivity contribution in [1.82, 2.24) is 9.62 Å². The second-order valence-electron chi connectivity index (χ2n) is 11.9. The van der Waals surface area contributed by atoms with Crippen molar-refractivity contribution in [1.29, 1.82) is 0 Å². The molecule has 0 bridgehead atoms. The van der Waals surface area contributed by atoms with Gasteiger partial charge in [-0.2, -0.15) is 0 Å². The SMILES string of the molecule is C=CCC1COc2ccc(C(=O)NS(=O)C(C)C(C)C/C=C/O)cc2N(CC2CCC2CC2CCN(C)C2=O)C1. The summed E-state index contributed by atoms with van der Waals surface area (Å²) in [6.07, 6.45) is 10.2. The second-order valence-corrected chi connectivity index (χ2v) is 13.4. The van der Waals surface area contributed by atoms with Gasteiger partial charge in [-0.15, -0.1) is 6.58 Å². The standard InChI is InChI=1S/C31H45N3O5S/c1-5-7-23-18-34(19-27-10-9-24(27)16-26-13-14-33(4)31(26)37)28-17-25(11-12-29(28)39-20-23)30(36)32-40(38)22(3)21(2)8-6-15-35/h5-6,11-12,15,17,21-24,26-27,35H,1,7-10,13-14,16,18-20H2,2-4H3,(H,32,36)/b15-6+. The normalized spacial score (nSPS) is 26.8. The van der Waals surface area contributed by atoms with Crippen LogP contribution in [0.5, 0.6) is 5.75 Å². The third kappa shape index (κ3) is 7.09. The lowest BCUT2D eigenvalue weighted by atomic mass is 9.69. The van der Waals surface area contributed by atoms with Gasteiger partial charge in [0.25, 0.3) is 5.91 Å². The van der Waals surface area contributed by atoms with E-state index in [1.54, 1.807) is 12.1 Å². The number of carbonyl (C=O) groups is 2. The Morgan fingerprint density at radius 3 is 2.70 bits per heavy atom. The van der Waals surface area contributed by atoms with Crippen molar-refractivity contribution in [3.8, 4) is 5.75 Å². The number of hydrogen-bond acceptors (Lipinski definition) is 6. The van der Waals surface area contributed by atoms with Crippen molar-refractivity contribution >= 4 is 28.5 Å². The molecule has 1 aromatic rings. The van der Waals surface area contributed by atoms with E-state index in [-0.39, 0.29) is 34.8 Å². The minimum Gasteiger partial charge on any atom is -0.516 e. The Kier molecular flexibility index (Phi) is 10.3.